The van der Waals surface area contributed by atoms with Crippen molar-refractivity contribution in [1.82, 2.24) is 10.3 Å². The van der Waals surface area contributed by atoms with Crippen molar-refractivity contribution < 1.29 is 18.7 Å². The first-order valence-corrected chi connectivity index (χ1v) is 6.90. The first kappa shape index (κ1) is 16.4. The number of ether oxygens (including phenoxy) is 1. The number of pyridine rings is 1. The maximum atomic E-state index is 14.0. The van der Waals surface area contributed by atoms with Crippen LogP contribution in [0.5, 0.6) is 5.75 Å². The van der Waals surface area contributed by atoms with E-state index in [0.29, 0.717) is 11.1 Å². The summed E-state index contributed by atoms with van der Waals surface area (Å²) >= 11 is 0. The van der Waals surface area contributed by atoms with E-state index in [2.05, 4.69) is 10.3 Å². The summed E-state index contributed by atoms with van der Waals surface area (Å²) in [5, 5.41) is 2.60. The second kappa shape index (κ2) is 7.35. The first-order chi connectivity index (χ1) is 11.0. The minimum absolute atomic E-state index is 0.0191. The zero-order valence-electron chi connectivity index (χ0n) is 12.5. The summed E-state index contributed by atoms with van der Waals surface area (Å²) in [5.74, 6) is -1.35. The van der Waals surface area contributed by atoms with Crippen molar-refractivity contribution in [3.63, 3.8) is 0 Å². The smallest absolute Gasteiger partial charge is 0.258 e. The number of aromatic nitrogens is 1. The van der Waals surface area contributed by atoms with Crippen molar-refractivity contribution in [3.05, 3.63) is 59.7 Å². The molecule has 6 nitrogen and oxygen atoms in total. The van der Waals surface area contributed by atoms with E-state index in [1.54, 1.807) is 18.3 Å². The monoisotopic (exact) mass is 317 g/mol. The van der Waals surface area contributed by atoms with Gasteiger partial charge in [0.25, 0.3) is 11.8 Å². The predicted molar refractivity (Wildman–Crippen MR) is 81.1 cm³/mol. The molecule has 0 aliphatic rings. The van der Waals surface area contributed by atoms with Gasteiger partial charge < -0.3 is 15.8 Å². The number of primary amides is 1. The normalized spacial score (nSPS) is 11.6. The topological polar surface area (TPSA) is 94.3 Å². The van der Waals surface area contributed by atoms with Gasteiger partial charge in [-0.15, -0.1) is 0 Å². The second-order valence-electron chi connectivity index (χ2n) is 4.84. The Morgan fingerprint density at radius 1 is 1.39 bits per heavy atom. The highest BCUT2D eigenvalue weighted by Gasteiger charge is 2.12. The van der Waals surface area contributed by atoms with Crippen LogP contribution in [0.15, 0.2) is 42.7 Å². The molecule has 0 aliphatic heterocycles. The van der Waals surface area contributed by atoms with Crippen LogP contribution in [0, 0.1) is 5.82 Å². The van der Waals surface area contributed by atoms with Crippen molar-refractivity contribution in [2.45, 2.75) is 19.6 Å². The number of hydrogen-bond donors (Lipinski definition) is 2. The van der Waals surface area contributed by atoms with Gasteiger partial charge in [-0.2, -0.15) is 0 Å². The average Bonchev–Trinajstić information content (AvgIpc) is 2.54. The van der Waals surface area contributed by atoms with Crippen LogP contribution >= 0.6 is 0 Å². The van der Waals surface area contributed by atoms with Crippen LogP contribution in [-0.2, 0) is 11.3 Å². The Morgan fingerprint density at radius 2 is 2.17 bits per heavy atom. The number of carbonyl (C=O) groups is 2. The minimum atomic E-state index is -0.856. The molecule has 1 aromatic carbocycles. The molecular formula is C16H16FN3O3. The standard InChI is InChI=1S/C16H16FN3O3/c1-10(15(18)21)23-13-5-4-11(14(17)7-13)9-20-16(22)12-3-2-6-19-8-12/h2-8,10H,9H2,1H3,(H2,18,21)(H,20,22). The lowest BCUT2D eigenvalue weighted by Crippen LogP contribution is -2.30. The number of nitrogens with zero attached hydrogens (tertiary/aromatic N) is 1. The van der Waals surface area contributed by atoms with E-state index in [1.807, 2.05) is 0 Å². The SMILES string of the molecule is CC(Oc1ccc(CNC(=O)c2cccnc2)c(F)c1)C(N)=O. The van der Waals surface area contributed by atoms with Gasteiger partial charge in [-0.1, -0.05) is 6.07 Å². The molecule has 1 aromatic heterocycles. The summed E-state index contributed by atoms with van der Waals surface area (Å²) in [5.41, 5.74) is 5.76. The zero-order valence-corrected chi connectivity index (χ0v) is 12.5. The molecule has 120 valence electrons. The van der Waals surface area contributed by atoms with Crippen molar-refractivity contribution in [2.24, 2.45) is 5.73 Å². The summed E-state index contributed by atoms with van der Waals surface area (Å²) in [7, 11) is 0. The van der Waals surface area contributed by atoms with Gasteiger partial charge in [-0.25, -0.2) is 4.39 Å². The summed E-state index contributed by atoms with van der Waals surface area (Å²) in [6, 6.07) is 7.38. The Labute approximate surface area is 132 Å². The number of carbonyl (C=O) groups excluding carboxylic acids is 2. The van der Waals surface area contributed by atoms with E-state index in [-0.39, 0.29) is 18.2 Å². The Morgan fingerprint density at radius 3 is 2.78 bits per heavy atom. The fourth-order valence-electron chi connectivity index (χ4n) is 1.78. The lowest BCUT2D eigenvalue weighted by Gasteiger charge is -2.12. The third-order valence-corrected chi connectivity index (χ3v) is 3.10. The predicted octanol–water partition coefficient (Wildman–Crippen LogP) is 1.40. The molecular weight excluding hydrogens is 301 g/mol. The zero-order chi connectivity index (χ0) is 16.8. The van der Waals surface area contributed by atoms with E-state index in [1.165, 1.54) is 25.3 Å². The van der Waals surface area contributed by atoms with Gasteiger partial charge in [-0.05, 0) is 25.1 Å². The summed E-state index contributed by atoms with van der Waals surface area (Å²) in [4.78, 5) is 26.6. The molecule has 2 amide bonds. The molecule has 1 heterocycles. The largest absolute Gasteiger partial charge is 0.481 e. The van der Waals surface area contributed by atoms with Gasteiger partial charge in [0.1, 0.15) is 11.6 Å². The van der Waals surface area contributed by atoms with Gasteiger partial charge >= 0.3 is 0 Å². The van der Waals surface area contributed by atoms with Crippen molar-refractivity contribution in [1.29, 1.82) is 0 Å². The summed E-state index contributed by atoms with van der Waals surface area (Å²) < 4.78 is 19.2. The number of hydrogen-bond acceptors (Lipinski definition) is 4. The molecule has 0 saturated heterocycles. The Kier molecular flexibility index (Phi) is 5.24. The Balaban J connectivity index is 1.99. The first-order valence-electron chi connectivity index (χ1n) is 6.90. The quantitative estimate of drug-likeness (QED) is 0.842. The number of benzene rings is 1. The van der Waals surface area contributed by atoms with E-state index >= 15 is 0 Å². The fourth-order valence-corrected chi connectivity index (χ4v) is 1.78. The van der Waals surface area contributed by atoms with E-state index < -0.39 is 17.8 Å². The van der Waals surface area contributed by atoms with Crippen LogP contribution in [0.3, 0.4) is 0 Å². The molecule has 3 N–H and O–H groups in total. The van der Waals surface area contributed by atoms with Gasteiger partial charge in [0.15, 0.2) is 6.10 Å². The van der Waals surface area contributed by atoms with Crippen LogP contribution in [0.1, 0.15) is 22.8 Å². The molecule has 0 bridgehead atoms. The van der Waals surface area contributed by atoms with Gasteiger partial charge in [0, 0.05) is 30.6 Å². The highest BCUT2D eigenvalue weighted by atomic mass is 19.1. The number of halogens is 1. The van der Waals surface area contributed by atoms with E-state index in [4.69, 9.17) is 10.5 Å². The molecule has 0 saturated carbocycles. The number of rotatable bonds is 6. The summed E-state index contributed by atoms with van der Waals surface area (Å²) in [6.07, 6.45) is 2.13. The maximum absolute atomic E-state index is 14.0. The molecule has 1 unspecified atom stereocenters. The fraction of sp³-hybridized carbons (Fsp3) is 0.188. The third kappa shape index (κ3) is 4.50. The molecule has 23 heavy (non-hydrogen) atoms. The third-order valence-electron chi connectivity index (χ3n) is 3.10. The van der Waals surface area contributed by atoms with Crippen LogP contribution < -0.4 is 15.8 Å². The van der Waals surface area contributed by atoms with Gasteiger partial charge in [-0.3, -0.25) is 14.6 Å². The molecule has 0 fully saturated rings. The van der Waals surface area contributed by atoms with E-state index in [0.717, 1.165) is 6.07 Å². The minimum Gasteiger partial charge on any atom is -0.481 e. The van der Waals surface area contributed by atoms with Crippen LogP contribution in [0.25, 0.3) is 0 Å². The van der Waals surface area contributed by atoms with Gasteiger partial charge in [0.2, 0.25) is 0 Å². The molecule has 1 atom stereocenters. The second-order valence-corrected chi connectivity index (χ2v) is 4.84. The molecule has 0 spiro atoms. The lowest BCUT2D eigenvalue weighted by molar-refractivity contribution is -0.123. The molecule has 2 rings (SSSR count). The van der Waals surface area contributed by atoms with E-state index in [9.17, 15) is 14.0 Å². The maximum Gasteiger partial charge on any atom is 0.258 e. The van der Waals surface area contributed by atoms with Crippen LogP contribution in [0.2, 0.25) is 0 Å². The molecule has 0 aliphatic carbocycles. The van der Waals surface area contributed by atoms with Crippen LogP contribution in [0.4, 0.5) is 4.39 Å². The van der Waals surface area contributed by atoms with Crippen molar-refractivity contribution >= 4 is 11.8 Å². The average molecular weight is 317 g/mol. The Bertz CT molecular complexity index is 707. The van der Waals surface area contributed by atoms with Gasteiger partial charge in [0.05, 0.1) is 5.56 Å². The highest BCUT2D eigenvalue weighted by Crippen LogP contribution is 2.18. The molecule has 7 heteroatoms. The molecule has 0 radical (unpaired) electrons. The number of amides is 2. The molecule has 2 aromatic rings. The number of nitrogens with two attached hydrogens (primary N) is 1. The summed E-state index contributed by atoms with van der Waals surface area (Å²) in [6.45, 7) is 1.49. The highest BCUT2D eigenvalue weighted by molar-refractivity contribution is 5.93. The van der Waals surface area contributed by atoms with Crippen molar-refractivity contribution in [3.8, 4) is 5.75 Å². The lowest BCUT2D eigenvalue weighted by atomic mass is 10.2. The Hall–Kier alpha value is -2.96. The van der Waals surface area contributed by atoms with Crippen LogP contribution in [-0.4, -0.2) is 22.9 Å². The van der Waals surface area contributed by atoms with Crippen molar-refractivity contribution in [2.75, 3.05) is 0 Å². The number of nitrogens with one attached hydrogen (secondary N) is 1.